The first kappa shape index (κ1) is 22.3. The second-order valence-electron chi connectivity index (χ2n) is 9.43. The molecule has 3 aliphatic rings. The summed E-state index contributed by atoms with van der Waals surface area (Å²) >= 11 is 0. The first-order chi connectivity index (χ1) is 16.6. The van der Waals surface area contributed by atoms with E-state index in [-0.39, 0.29) is 17.9 Å². The summed E-state index contributed by atoms with van der Waals surface area (Å²) in [6.07, 6.45) is 3.41. The molecular weight excluding hydrogens is 426 g/mol. The Morgan fingerprint density at radius 3 is 2.29 bits per heavy atom. The third-order valence-electron chi connectivity index (χ3n) is 7.19. The summed E-state index contributed by atoms with van der Waals surface area (Å²) in [6, 6.07) is 24.2. The van der Waals surface area contributed by atoms with Gasteiger partial charge in [0.15, 0.2) is 12.1 Å². The first-order valence-corrected chi connectivity index (χ1v) is 12.0. The maximum Gasteiger partial charge on any atom is 0.333 e. The predicted octanol–water partition coefficient (Wildman–Crippen LogP) is 4.27. The van der Waals surface area contributed by atoms with Gasteiger partial charge in [0.2, 0.25) is 5.78 Å². The van der Waals surface area contributed by atoms with Crippen molar-refractivity contribution in [2.24, 2.45) is 5.92 Å². The Kier molecular flexibility index (Phi) is 6.41. The predicted molar refractivity (Wildman–Crippen MR) is 130 cm³/mol. The lowest BCUT2D eigenvalue weighted by atomic mass is 9.83. The number of quaternary nitrogens is 1. The monoisotopic (exact) mass is 456 g/mol. The lowest BCUT2D eigenvalue weighted by Crippen LogP contribution is -2.65. The molecule has 2 bridgehead atoms. The number of pyridine rings is 1. The largest absolute Gasteiger partial charge is 0.454 e. The number of rotatable bonds is 8. The molecule has 174 valence electrons. The molecule has 0 saturated carbocycles. The average molecular weight is 457 g/mol. The zero-order valence-corrected chi connectivity index (χ0v) is 19.2. The van der Waals surface area contributed by atoms with Crippen LogP contribution in [-0.2, 0) is 9.53 Å². The van der Waals surface area contributed by atoms with E-state index >= 15 is 0 Å². The number of carbonyl (C=O) groups is 2. The van der Waals surface area contributed by atoms with E-state index in [1.165, 1.54) is 0 Å². The summed E-state index contributed by atoms with van der Waals surface area (Å²) in [5, 5.41) is 3.35. The highest BCUT2D eigenvalue weighted by molar-refractivity contribution is 5.95. The average Bonchev–Trinajstić information content (AvgIpc) is 2.89. The molecule has 0 spiro atoms. The van der Waals surface area contributed by atoms with Crippen LogP contribution >= 0.6 is 0 Å². The van der Waals surface area contributed by atoms with Crippen LogP contribution in [0, 0.1) is 5.92 Å². The fraction of sp³-hybridized carbons (Fsp3) is 0.321. The van der Waals surface area contributed by atoms with E-state index < -0.39 is 6.04 Å². The van der Waals surface area contributed by atoms with E-state index in [2.05, 4.69) is 10.3 Å². The van der Waals surface area contributed by atoms with Crippen molar-refractivity contribution in [3.8, 4) is 0 Å². The number of benzene rings is 2. The van der Waals surface area contributed by atoms with Crippen LogP contribution in [0.4, 0.5) is 5.69 Å². The molecule has 0 unspecified atom stereocenters. The molecule has 1 aromatic heterocycles. The topological polar surface area (TPSA) is 68.3 Å². The third kappa shape index (κ3) is 4.87. The molecule has 3 fully saturated rings. The maximum absolute atomic E-state index is 13.5. The quantitative estimate of drug-likeness (QED) is 0.312. The van der Waals surface area contributed by atoms with Crippen LogP contribution in [0.15, 0.2) is 85.1 Å². The molecule has 6 rings (SSSR count). The lowest BCUT2D eigenvalue weighted by molar-refractivity contribution is -0.938. The van der Waals surface area contributed by atoms with Gasteiger partial charge in [0, 0.05) is 30.6 Å². The summed E-state index contributed by atoms with van der Waals surface area (Å²) in [4.78, 5) is 30.6. The number of hydrogen-bond acceptors (Lipinski definition) is 5. The Labute approximate surface area is 200 Å². The van der Waals surface area contributed by atoms with Crippen LogP contribution in [0.25, 0.3) is 0 Å². The van der Waals surface area contributed by atoms with Crippen LogP contribution in [0.1, 0.15) is 34.9 Å². The van der Waals surface area contributed by atoms with Gasteiger partial charge in [-0.1, -0.05) is 54.6 Å². The van der Waals surface area contributed by atoms with Crippen molar-refractivity contribution in [3.05, 3.63) is 96.3 Å². The van der Waals surface area contributed by atoms with Gasteiger partial charge in [-0.05, 0) is 29.8 Å². The molecule has 6 heteroatoms. The summed E-state index contributed by atoms with van der Waals surface area (Å²) in [5.74, 6) is 0.129. The molecule has 3 aliphatic heterocycles. The normalized spacial score (nSPS) is 24.2. The molecular formula is C28H30N3O3+. The van der Waals surface area contributed by atoms with Crippen LogP contribution in [0.5, 0.6) is 0 Å². The molecule has 0 amide bonds. The van der Waals surface area contributed by atoms with E-state index in [1.54, 1.807) is 12.3 Å². The van der Waals surface area contributed by atoms with E-state index in [4.69, 9.17) is 4.74 Å². The minimum absolute atomic E-state index is 0.0546. The molecule has 34 heavy (non-hydrogen) atoms. The van der Waals surface area contributed by atoms with Crippen molar-refractivity contribution >= 4 is 17.4 Å². The molecule has 6 nitrogen and oxygen atoms in total. The summed E-state index contributed by atoms with van der Waals surface area (Å²) in [6.45, 7) is 2.98. The highest BCUT2D eigenvalue weighted by Crippen LogP contribution is 2.36. The molecule has 3 aromatic rings. The number of hydrogen-bond donors (Lipinski definition) is 1. The summed E-state index contributed by atoms with van der Waals surface area (Å²) in [7, 11) is 0. The van der Waals surface area contributed by atoms with E-state index in [0.717, 1.165) is 37.2 Å². The van der Waals surface area contributed by atoms with E-state index in [0.29, 0.717) is 29.2 Å². The molecule has 2 aromatic carbocycles. The Hall–Kier alpha value is -3.51. The first-order valence-electron chi connectivity index (χ1n) is 12.0. The number of ether oxygens (including phenoxy) is 1. The van der Waals surface area contributed by atoms with Crippen LogP contribution < -0.4 is 5.32 Å². The molecule has 0 aliphatic carbocycles. The highest BCUT2D eigenvalue weighted by Gasteiger charge is 2.49. The molecule has 2 atom stereocenters. The van der Waals surface area contributed by atoms with Gasteiger partial charge in [0.1, 0.15) is 18.8 Å². The van der Waals surface area contributed by atoms with Gasteiger partial charge in [-0.25, -0.2) is 4.79 Å². The fourth-order valence-electron chi connectivity index (χ4n) is 5.33. The van der Waals surface area contributed by atoms with Gasteiger partial charge in [-0.3, -0.25) is 9.78 Å². The van der Waals surface area contributed by atoms with Gasteiger partial charge in [-0.2, -0.15) is 0 Å². The van der Waals surface area contributed by atoms with Crippen molar-refractivity contribution in [3.63, 3.8) is 0 Å². The van der Waals surface area contributed by atoms with Gasteiger partial charge in [0.25, 0.3) is 0 Å². The highest BCUT2D eigenvalue weighted by atomic mass is 16.5. The number of esters is 1. The molecule has 0 radical (unpaired) electrons. The van der Waals surface area contributed by atoms with Crippen LogP contribution in [-0.4, -0.2) is 53.5 Å². The number of aromatic nitrogens is 1. The molecule has 3 saturated heterocycles. The number of nitrogens with one attached hydrogen (secondary N) is 1. The van der Waals surface area contributed by atoms with Crippen molar-refractivity contribution in [2.75, 3.05) is 31.5 Å². The standard InChI is InChI=1S/C28H30N3O3/c32-25(24-13-7-8-16-29-24)19-31-17-14-21(15-18-31)26(20-31)34-28(33)27(22-9-3-1-4-10-22)30-23-11-5-2-6-12-23/h1-13,16,21,26-27,30H,14-15,17-20H2/q+1/t21?,26-,27+,31?/m0/s1. The summed E-state index contributed by atoms with van der Waals surface area (Å²) in [5.41, 5.74) is 2.24. The number of fused-ring (bicyclic) bond motifs is 3. The Balaban J connectivity index is 1.31. The summed E-state index contributed by atoms with van der Waals surface area (Å²) < 4.78 is 6.85. The van der Waals surface area contributed by atoms with Gasteiger partial charge >= 0.3 is 5.97 Å². The molecule has 4 heterocycles. The smallest absolute Gasteiger partial charge is 0.333 e. The fourth-order valence-corrected chi connectivity index (χ4v) is 5.33. The lowest BCUT2D eigenvalue weighted by Gasteiger charge is -2.51. The van der Waals surface area contributed by atoms with Gasteiger partial charge in [-0.15, -0.1) is 0 Å². The number of para-hydroxylation sites is 1. The maximum atomic E-state index is 13.5. The van der Waals surface area contributed by atoms with E-state index in [1.807, 2.05) is 72.8 Å². The Morgan fingerprint density at radius 1 is 0.941 bits per heavy atom. The molecule has 1 N–H and O–H groups in total. The second kappa shape index (κ2) is 9.77. The SMILES string of the molecule is O=C(C[N+]12CCC(CC1)[C@@H](OC(=O)[C@H](Nc1ccccc1)c1ccccc1)C2)c1ccccn1. The number of anilines is 1. The Bertz CT molecular complexity index is 1110. The zero-order chi connectivity index (χ0) is 23.4. The Morgan fingerprint density at radius 2 is 1.62 bits per heavy atom. The number of piperidine rings is 3. The zero-order valence-electron chi connectivity index (χ0n) is 19.2. The second-order valence-corrected chi connectivity index (χ2v) is 9.43. The number of ketones is 1. The van der Waals surface area contributed by atoms with Crippen molar-refractivity contribution < 1.29 is 18.8 Å². The minimum Gasteiger partial charge on any atom is -0.454 e. The van der Waals surface area contributed by atoms with Crippen molar-refractivity contribution in [1.82, 2.24) is 4.98 Å². The minimum atomic E-state index is -0.595. The van der Waals surface area contributed by atoms with Gasteiger partial charge in [0.05, 0.1) is 13.1 Å². The van der Waals surface area contributed by atoms with Gasteiger partial charge < -0.3 is 14.5 Å². The number of carbonyl (C=O) groups excluding carboxylic acids is 2. The number of Topliss-reactive ketones (excluding diaryl/α,β-unsaturated/α-hetero) is 1. The third-order valence-corrected chi connectivity index (χ3v) is 7.19. The van der Waals surface area contributed by atoms with Crippen LogP contribution in [0.3, 0.4) is 0 Å². The van der Waals surface area contributed by atoms with Crippen molar-refractivity contribution in [1.29, 1.82) is 0 Å². The van der Waals surface area contributed by atoms with Crippen molar-refractivity contribution in [2.45, 2.75) is 25.0 Å². The van der Waals surface area contributed by atoms with E-state index in [9.17, 15) is 9.59 Å². The number of nitrogens with zero attached hydrogens (tertiary/aromatic N) is 2. The van der Waals surface area contributed by atoms with Crippen LogP contribution in [0.2, 0.25) is 0 Å².